The molecule has 27 heavy (non-hydrogen) atoms. The van der Waals surface area contributed by atoms with Crippen molar-refractivity contribution in [3.05, 3.63) is 63.6 Å². The van der Waals surface area contributed by atoms with E-state index in [0.29, 0.717) is 33.3 Å². The number of cyclic esters (lactones) is 1. The Hall–Kier alpha value is -2.57. The van der Waals surface area contributed by atoms with Crippen LogP contribution in [0.5, 0.6) is 0 Å². The molecule has 1 fully saturated rings. The van der Waals surface area contributed by atoms with Gasteiger partial charge in [0, 0.05) is 27.7 Å². The van der Waals surface area contributed by atoms with Crippen molar-refractivity contribution >= 4 is 46.7 Å². The number of halogens is 2. The minimum atomic E-state index is -0.901. The van der Waals surface area contributed by atoms with E-state index in [1.165, 1.54) is 4.90 Å². The summed E-state index contributed by atoms with van der Waals surface area (Å²) in [6.07, 6.45) is -0.373. The van der Waals surface area contributed by atoms with Crippen molar-refractivity contribution in [2.24, 2.45) is 0 Å². The summed E-state index contributed by atoms with van der Waals surface area (Å²) < 4.78 is 5.40. The molecule has 2 aliphatic rings. The van der Waals surface area contributed by atoms with Crippen LogP contribution in [0.25, 0.3) is 0 Å². The first-order valence-electron chi connectivity index (χ1n) is 8.32. The van der Waals surface area contributed by atoms with Crippen LogP contribution >= 0.6 is 23.2 Å². The maximum Gasteiger partial charge on any atom is 0.340 e. The first-order chi connectivity index (χ1) is 12.9. The molecular formula is C19H14Cl2N2O4. The molecule has 6 nitrogen and oxygen atoms in total. The molecule has 2 aliphatic heterocycles. The topological polar surface area (TPSA) is 75.7 Å². The summed E-state index contributed by atoms with van der Waals surface area (Å²) in [5.41, 5.74) is 1.42. The fourth-order valence-electron chi connectivity index (χ4n) is 3.44. The molecular weight excluding hydrogens is 391 g/mol. The lowest BCUT2D eigenvalue weighted by molar-refractivity contribution is -0.144. The van der Waals surface area contributed by atoms with Crippen molar-refractivity contribution in [1.29, 1.82) is 0 Å². The van der Waals surface area contributed by atoms with E-state index in [1.807, 2.05) is 0 Å². The summed E-state index contributed by atoms with van der Waals surface area (Å²) >= 11 is 11.9. The van der Waals surface area contributed by atoms with Crippen LogP contribution in [0.4, 0.5) is 5.69 Å². The number of carbonyl (C=O) groups is 3. The van der Waals surface area contributed by atoms with Crippen molar-refractivity contribution in [3.63, 3.8) is 0 Å². The highest BCUT2D eigenvalue weighted by molar-refractivity contribution is 6.35. The van der Waals surface area contributed by atoms with Gasteiger partial charge in [-0.25, -0.2) is 4.79 Å². The third-order valence-electron chi connectivity index (χ3n) is 4.61. The highest BCUT2D eigenvalue weighted by Gasteiger charge is 2.46. The Bertz CT molecular complexity index is 942. The normalized spacial score (nSPS) is 21.2. The molecule has 8 heteroatoms. The summed E-state index contributed by atoms with van der Waals surface area (Å²) in [6, 6.07) is 10.8. The van der Waals surface area contributed by atoms with E-state index in [1.54, 1.807) is 42.5 Å². The summed E-state index contributed by atoms with van der Waals surface area (Å²) in [7, 11) is 0. The number of amides is 2. The second-order valence-electron chi connectivity index (χ2n) is 6.35. The fraction of sp³-hybridized carbons (Fsp3) is 0.211. The largest absolute Gasteiger partial charge is 0.433 e. The van der Waals surface area contributed by atoms with Gasteiger partial charge in [0.05, 0.1) is 5.56 Å². The van der Waals surface area contributed by atoms with E-state index < -0.39 is 18.2 Å². The zero-order valence-electron chi connectivity index (χ0n) is 13.9. The Morgan fingerprint density at radius 1 is 1.11 bits per heavy atom. The zero-order chi connectivity index (χ0) is 19.1. The second kappa shape index (κ2) is 6.87. The van der Waals surface area contributed by atoms with Crippen LogP contribution in [0.2, 0.25) is 10.0 Å². The van der Waals surface area contributed by atoms with Gasteiger partial charge >= 0.3 is 5.97 Å². The van der Waals surface area contributed by atoms with E-state index in [2.05, 4.69) is 5.32 Å². The smallest absolute Gasteiger partial charge is 0.340 e. The van der Waals surface area contributed by atoms with E-state index in [4.69, 9.17) is 27.9 Å². The predicted molar refractivity (Wildman–Crippen MR) is 99.6 cm³/mol. The number of benzene rings is 2. The zero-order valence-corrected chi connectivity index (χ0v) is 15.5. The number of hydrogen-bond donors (Lipinski definition) is 1. The van der Waals surface area contributed by atoms with Crippen molar-refractivity contribution in [2.75, 3.05) is 5.32 Å². The molecule has 2 amide bonds. The Morgan fingerprint density at radius 2 is 1.81 bits per heavy atom. The monoisotopic (exact) mass is 404 g/mol. The molecule has 0 radical (unpaired) electrons. The minimum absolute atomic E-state index is 0.199. The fourth-order valence-corrected chi connectivity index (χ4v) is 3.96. The standard InChI is InChI=1S/C19H14Cl2N2O4/c20-10-7-11(21)9-12(8-10)22-17(25)15-5-6-16(24)23(15)18-13-3-1-2-4-14(13)19(26)27-18/h1-4,7-9,15,18H,5-6H2,(H,22,25)/t15-,18+/m1/s1. The number of nitrogens with one attached hydrogen (secondary N) is 1. The van der Waals surface area contributed by atoms with Gasteiger partial charge in [-0.3, -0.25) is 14.5 Å². The van der Waals surface area contributed by atoms with Crippen LogP contribution in [-0.2, 0) is 14.3 Å². The number of likely N-dealkylation sites (tertiary alicyclic amines) is 1. The molecule has 0 saturated carbocycles. The van der Waals surface area contributed by atoms with Gasteiger partial charge in [-0.15, -0.1) is 0 Å². The molecule has 2 atom stereocenters. The third-order valence-corrected chi connectivity index (χ3v) is 5.04. The van der Waals surface area contributed by atoms with Gasteiger partial charge in [0.25, 0.3) is 0 Å². The molecule has 1 N–H and O–H groups in total. The number of anilines is 1. The number of esters is 1. The molecule has 2 aromatic carbocycles. The van der Waals surface area contributed by atoms with E-state index in [9.17, 15) is 14.4 Å². The van der Waals surface area contributed by atoms with Crippen LogP contribution in [0.15, 0.2) is 42.5 Å². The van der Waals surface area contributed by atoms with Gasteiger partial charge in [0.15, 0.2) is 0 Å². The van der Waals surface area contributed by atoms with Gasteiger partial charge in [0.2, 0.25) is 18.0 Å². The molecule has 0 unspecified atom stereocenters. The second-order valence-corrected chi connectivity index (χ2v) is 7.22. The van der Waals surface area contributed by atoms with Crippen molar-refractivity contribution in [2.45, 2.75) is 25.1 Å². The van der Waals surface area contributed by atoms with Crippen LogP contribution in [0.1, 0.15) is 35.0 Å². The molecule has 0 spiro atoms. The van der Waals surface area contributed by atoms with E-state index in [-0.39, 0.29) is 18.2 Å². The highest BCUT2D eigenvalue weighted by Crippen LogP contribution is 2.38. The Balaban J connectivity index is 1.60. The van der Waals surface area contributed by atoms with Gasteiger partial charge in [-0.2, -0.15) is 0 Å². The molecule has 4 rings (SSSR count). The first kappa shape index (κ1) is 17.8. The van der Waals surface area contributed by atoms with E-state index in [0.717, 1.165) is 0 Å². The van der Waals surface area contributed by atoms with Crippen molar-refractivity contribution in [3.8, 4) is 0 Å². The average Bonchev–Trinajstić information content (AvgIpc) is 3.14. The Labute approximate surface area is 165 Å². The number of ether oxygens (including phenoxy) is 1. The Kier molecular flexibility index (Phi) is 4.53. The van der Waals surface area contributed by atoms with Crippen molar-refractivity contribution < 1.29 is 19.1 Å². The number of carbonyl (C=O) groups excluding carboxylic acids is 3. The lowest BCUT2D eigenvalue weighted by Gasteiger charge is -2.29. The number of fused-ring (bicyclic) bond motifs is 1. The SMILES string of the molecule is O=C1O[C@H](N2C(=O)CC[C@@H]2C(=O)Nc2cc(Cl)cc(Cl)c2)c2ccccc21. The Morgan fingerprint density at radius 3 is 2.56 bits per heavy atom. The number of hydrogen-bond acceptors (Lipinski definition) is 4. The lowest BCUT2D eigenvalue weighted by atomic mass is 10.1. The van der Waals surface area contributed by atoms with Crippen LogP contribution < -0.4 is 5.32 Å². The molecule has 0 bridgehead atoms. The maximum absolute atomic E-state index is 12.8. The molecule has 0 aromatic heterocycles. The number of rotatable bonds is 3. The first-order valence-corrected chi connectivity index (χ1v) is 9.07. The molecule has 138 valence electrons. The van der Waals surface area contributed by atoms with Crippen molar-refractivity contribution in [1.82, 2.24) is 4.90 Å². The van der Waals surface area contributed by atoms with Gasteiger partial charge < -0.3 is 10.1 Å². The minimum Gasteiger partial charge on any atom is -0.433 e. The van der Waals surface area contributed by atoms with Crippen LogP contribution in [-0.4, -0.2) is 28.7 Å². The van der Waals surface area contributed by atoms with Crippen LogP contribution in [0.3, 0.4) is 0 Å². The van der Waals surface area contributed by atoms with E-state index >= 15 is 0 Å². The number of nitrogens with zero attached hydrogens (tertiary/aromatic N) is 1. The maximum atomic E-state index is 12.8. The average molecular weight is 405 g/mol. The third kappa shape index (κ3) is 3.26. The molecule has 1 saturated heterocycles. The highest BCUT2D eigenvalue weighted by atomic mass is 35.5. The van der Waals surface area contributed by atoms with Gasteiger partial charge in [-0.1, -0.05) is 41.4 Å². The summed E-state index contributed by atoms with van der Waals surface area (Å²) in [5.74, 6) is -1.13. The quantitative estimate of drug-likeness (QED) is 0.789. The summed E-state index contributed by atoms with van der Waals surface area (Å²) in [4.78, 5) is 38.7. The molecule has 0 aliphatic carbocycles. The van der Waals surface area contributed by atoms with Gasteiger partial charge in [0.1, 0.15) is 6.04 Å². The summed E-state index contributed by atoms with van der Waals surface area (Å²) in [5, 5.41) is 3.50. The van der Waals surface area contributed by atoms with Gasteiger partial charge in [-0.05, 0) is 30.7 Å². The summed E-state index contributed by atoms with van der Waals surface area (Å²) in [6.45, 7) is 0. The molecule has 2 aromatic rings. The lowest BCUT2D eigenvalue weighted by Crippen LogP contribution is -2.43. The molecule has 2 heterocycles. The van der Waals surface area contributed by atoms with Crippen LogP contribution in [0, 0.1) is 0 Å². The predicted octanol–water partition coefficient (Wildman–Crippen LogP) is 3.79.